The Bertz CT molecular complexity index is 1350. The second-order valence-corrected chi connectivity index (χ2v) is 11.9. The van der Waals surface area contributed by atoms with Crippen LogP contribution >= 0.6 is 0 Å². The predicted molar refractivity (Wildman–Crippen MR) is 156 cm³/mol. The van der Waals surface area contributed by atoms with Gasteiger partial charge >= 0.3 is 7.25 Å². The number of benzene rings is 3. The molecule has 0 N–H and O–H groups in total. The molecule has 4 unspecified atom stereocenters. The molecule has 1 aromatic heterocycles. The quantitative estimate of drug-likeness (QED) is 0.134. The van der Waals surface area contributed by atoms with E-state index in [9.17, 15) is 17.3 Å². The first-order valence-corrected chi connectivity index (χ1v) is 14.1. The maximum Gasteiger partial charge on any atom is 0.673 e. The average molecular weight is 545 g/mol. The molecule has 3 saturated carbocycles. The van der Waals surface area contributed by atoms with Crippen LogP contribution in [0.5, 0.6) is 0 Å². The second kappa shape index (κ2) is 11.2. The first-order chi connectivity index (χ1) is 19.0. The Kier molecular flexibility index (Phi) is 7.90. The zero-order valence-corrected chi connectivity index (χ0v) is 23.3. The first-order valence-electron chi connectivity index (χ1n) is 14.1. The van der Waals surface area contributed by atoms with Crippen LogP contribution in [0.3, 0.4) is 0 Å². The predicted octanol–water partition coefficient (Wildman–Crippen LogP) is 9.59. The summed E-state index contributed by atoms with van der Waals surface area (Å²) in [5.74, 6) is 3.20. The van der Waals surface area contributed by atoms with Crippen LogP contribution in [0.4, 0.5) is 17.3 Å². The highest BCUT2D eigenvalue weighted by Crippen LogP contribution is 2.63. The Hall–Kier alpha value is -3.41. The van der Waals surface area contributed by atoms with Crippen LogP contribution in [0.25, 0.3) is 33.6 Å². The minimum absolute atomic E-state index is 0.516. The molecule has 4 atom stereocenters. The molecule has 3 aliphatic carbocycles. The number of hydrogen-bond donors (Lipinski definition) is 0. The van der Waals surface area contributed by atoms with Crippen LogP contribution in [0.2, 0.25) is 0 Å². The third-order valence-electron chi connectivity index (χ3n) is 9.34. The van der Waals surface area contributed by atoms with E-state index < -0.39 is 7.25 Å². The van der Waals surface area contributed by atoms with E-state index >= 15 is 0 Å². The van der Waals surface area contributed by atoms with Crippen LogP contribution in [0, 0.1) is 29.1 Å². The fourth-order valence-corrected chi connectivity index (χ4v) is 7.04. The Morgan fingerprint density at radius 1 is 0.675 bits per heavy atom. The fraction of sp³-hybridized carbons (Fsp3) is 0.324. The lowest BCUT2D eigenvalue weighted by atomic mass is 9.43. The summed E-state index contributed by atoms with van der Waals surface area (Å²) in [5, 5.41) is 0. The van der Waals surface area contributed by atoms with E-state index in [-0.39, 0.29) is 0 Å². The molecule has 0 aliphatic heterocycles. The SMILES string of the molecule is CC1C(C[n+]2c(-c3ccccc3)cc(-c3ccccc3)cc2-c2ccccc2)CC2CC1C2(C)C.F[B-](F)(F)F. The summed E-state index contributed by atoms with van der Waals surface area (Å²) < 4.78 is 41.6. The van der Waals surface area contributed by atoms with Crippen molar-refractivity contribution >= 4 is 7.25 Å². The Morgan fingerprint density at radius 2 is 1.10 bits per heavy atom. The van der Waals surface area contributed by atoms with Gasteiger partial charge in [0.15, 0.2) is 6.54 Å². The van der Waals surface area contributed by atoms with E-state index in [1.54, 1.807) is 0 Å². The van der Waals surface area contributed by atoms with Crippen LogP contribution in [-0.2, 0) is 6.54 Å². The summed E-state index contributed by atoms with van der Waals surface area (Å²) in [6.45, 7) is 8.61. The molecule has 6 heteroatoms. The molecule has 0 saturated heterocycles. The molecule has 0 radical (unpaired) electrons. The summed E-state index contributed by atoms with van der Waals surface area (Å²) in [6, 6.07) is 37.6. The van der Waals surface area contributed by atoms with Gasteiger partial charge in [-0.05, 0) is 71.4 Å². The maximum absolute atomic E-state index is 9.75. The van der Waals surface area contributed by atoms with Crippen molar-refractivity contribution in [3.05, 3.63) is 103 Å². The number of fused-ring (bicyclic) bond motifs is 2. The largest absolute Gasteiger partial charge is 0.673 e. The van der Waals surface area contributed by atoms with Crippen molar-refractivity contribution in [2.75, 3.05) is 0 Å². The van der Waals surface area contributed by atoms with Gasteiger partial charge in [0.25, 0.3) is 0 Å². The van der Waals surface area contributed by atoms with Gasteiger partial charge in [-0.25, -0.2) is 0 Å². The summed E-state index contributed by atoms with van der Waals surface area (Å²) in [6.07, 6.45) is 2.78. The molecule has 4 aromatic rings. The first kappa shape index (κ1) is 28.1. The monoisotopic (exact) mass is 545 g/mol. The highest BCUT2D eigenvalue weighted by atomic mass is 19.5. The van der Waals surface area contributed by atoms with Crippen molar-refractivity contribution in [2.45, 2.75) is 40.2 Å². The lowest BCUT2D eigenvalue weighted by Crippen LogP contribution is -2.57. The number of halogens is 4. The number of pyridine rings is 1. The number of rotatable bonds is 5. The summed E-state index contributed by atoms with van der Waals surface area (Å²) in [4.78, 5) is 0. The van der Waals surface area contributed by atoms with Crippen molar-refractivity contribution in [3.8, 4) is 33.6 Å². The molecular weight excluding hydrogens is 509 g/mol. The normalized spacial score (nSPS) is 23.0. The second-order valence-electron chi connectivity index (χ2n) is 11.9. The van der Waals surface area contributed by atoms with Gasteiger partial charge in [-0.3, -0.25) is 0 Å². The minimum atomic E-state index is -6.00. The maximum atomic E-state index is 9.75. The molecule has 40 heavy (non-hydrogen) atoms. The highest BCUT2D eigenvalue weighted by molar-refractivity contribution is 6.50. The lowest BCUT2D eigenvalue weighted by molar-refractivity contribution is -0.684. The van der Waals surface area contributed by atoms with Gasteiger partial charge < -0.3 is 17.3 Å². The minimum Gasteiger partial charge on any atom is -0.418 e. The number of aromatic nitrogens is 1. The number of hydrogen-bond acceptors (Lipinski definition) is 0. The molecule has 1 nitrogen and oxygen atoms in total. The fourth-order valence-electron chi connectivity index (χ4n) is 7.04. The van der Waals surface area contributed by atoms with E-state index in [1.165, 1.54) is 46.5 Å². The Balaban J connectivity index is 0.000000595. The van der Waals surface area contributed by atoms with Gasteiger partial charge in [0.2, 0.25) is 11.4 Å². The van der Waals surface area contributed by atoms with Crippen molar-refractivity contribution < 1.29 is 21.8 Å². The third-order valence-corrected chi connectivity index (χ3v) is 9.34. The molecule has 0 spiro atoms. The van der Waals surface area contributed by atoms with Crippen molar-refractivity contribution in [2.24, 2.45) is 29.1 Å². The summed E-state index contributed by atoms with van der Waals surface area (Å²) in [5.41, 5.74) is 8.27. The van der Waals surface area contributed by atoms with Crippen LogP contribution in [0.1, 0.15) is 33.6 Å². The Morgan fingerprint density at radius 3 is 1.50 bits per heavy atom. The molecule has 1 heterocycles. The summed E-state index contributed by atoms with van der Waals surface area (Å²) >= 11 is 0. The molecule has 3 aliphatic rings. The van der Waals surface area contributed by atoms with E-state index in [0.29, 0.717) is 11.3 Å². The smallest absolute Gasteiger partial charge is 0.418 e. The number of nitrogens with zero attached hydrogens (tertiary/aromatic N) is 1. The van der Waals surface area contributed by atoms with Crippen molar-refractivity contribution in [1.29, 1.82) is 0 Å². The van der Waals surface area contributed by atoms with Gasteiger partial charge in [0.1, 0.15) is 0 Å². The van der Waals surface area contributed by atoms with Crippen LogP contribution in [-0.4, -0.2) is 7.25 Å². The summed E-state index contributed by atoms with van der Waals surface area (Å²) in [7, 11) is -6.00. The van der Waals surface area contributed by atoms with Gasteiger partial charge in [-0.1, -0.05) is 87.5 Å². The van der Waals surface area contributed by atoms with Gasteiger partial charge in [-0.15, -0.1) is 0 Å². The average Bonchev–Trinajstić information content (AvgIpc) is 2.94. The van der Waals surface area contributed by atoms with Gasteiger partial charge in [0.05, 0.1) is 0 Å². The molecule has 7 rings (SSSR count). The van der Waals surface area contributed by atoms with Crippen molar-refractivity contribution in [3.63, 3.8) is 0 Å². The molecular formula is C34H36BF4N. The molecule has 208 valence electrons. The molecule has 0 amide bonds. The van der Waals surface area contributed by atoms with Gasteiger partial charge in [-0.2, -0.15) is 4.57 Å². The van der Waals surface area contributed by atoms with E-state index in [2.05, 4.69) is 128 Å². The highest BCUT2D eigenvalue weighted by Gasteiger charge is 2.57. The van der Waals surface area contributed by atoms with Crippen LogP contribution in [0.15, 0.2) is 103 Å². The molecule has 2 bridgehead atoms. The zero-order valence-electron chi connectivity index (χ0n) is 23.3. The van der Waals surface area contributed by atoms with Crippen LogP contribution < -0.4 is 4.57 Å². The van der Waals surface area contributed by atoms with E-state index in [1.807, 2.05) is 0 Å². The topological polar surface area (TPSA) is 3.88 Å². The van der Waals surface area contributed by atoms with E-state index in [0.717, 1.165) is 24.3 Å². The van der Waals surface area contributed by atoms with Gasteiger partial charge in [0, 0.05) is 29.2 Å². The lowest BCUT2D eigenvalue weighted by Gasteiger charge is -2.61. The third kappa shape index (κ3) is 6.01. The van der Waals surface area contributed by atoms with E-state index in [4.69, 9.17) is 0 Å². The molecule has 3 aromatic carbocycles. The Labute approximate surface area is 235 Å². The standard InChI is InChI=1S/C34H36N.BF4/c1-24-29(19-30-22-31(24)34(30,2)3)23-35-32(26-15-9-5-10-16-26)20-28(25-13-7-4-8-14-25)21-33(35)27-17-11-6-12-18-27;2-1(3,4)5/h4-18,20-21,24,29-31H,19,22-23H2,1-3H3;/q+1;-1. The zero-order chi connectivity index (χ0) is 28.5. The van der Waals surface area contributed by atoms with Crippen molar-refractivity contribution in [1.82, 2.24) is 0 Å². The molecule has 3 fully saturated rings.